The van der Waals surface area contributed by atoms with Crippen molar-refractivity contribution >= 4 is 27.5 Å². The highest BCUT2D eigenvalue weighted by atomic mass is 79.9. The molecule has 7 heteroatoms. The van der Waals surface area contributed by atoms with Gasteiger partial charge < -0.3 is 11.1 Å². The van der Waals surface area contributed by atoms with Gasteiger partial charge in [0.25, 0.3) is 5.56 Å². The molecule has 6 nitrogen and oxygen atoms in total. The number of hydrogen-bond donors (Lipinski definition) is 2. The predicted molar refractivity (Wildman–Crippen MR) is 64.1 cm³/mol. The first-order valence-corrected chi connectivity index (χ1v) is 5.35. The average molecular weight is 289 g/mol. The van der Waals surface area contributed by atoms with Crippen molar-refractivity contribution in [2.24, 2.45) is 12.8 Å². The second kappa shape index (κ2) is 4.25. The third-order valence-corrected chi connectivity index (χ3v) is 2.91. The Bertz CT molecular complexity index is 481. The molecule has 0 spiro atoms. The van der Waals surface area contributed by atoms with Gasteiger partial charge in [0.1, 0.15) is 10.0 Å². The van der Waals surface area contributed by atoms with E-state index < -0.39 is 11.4 Å². The number of hydrogen-bond acceptors (Lipinski definition) is 4. The van der Waals surface area contributed by atoms with E-state index in [-0.39, 0.29) is 5.56 Å². The normalized spacial score (nSPS) is 11.2. The van der Waals surface area contributed by atoms with Gasteiger partial charge in [0, 0.05) is 7.05 Å². The Morgan fingerprint density at radius 1 is 1.62 bits per heavy atom. The first-order chi connectivity index (χ1) is 7.25. The molecular weight excluding hydrogens is 276 g/mol. The number of nitrogens with two attached hydrogens (primary N) is 1. The summed E-state index contributed by atoms with van der Waals surface area (Å²) in [6, 6.07) is 0. The molecule has 0 aliphatic carbocycles. The minimum absolute atomic E-state index is 0.287. The zero-order chi connectivity index (χ0) is 12.5. The standard InChI is InChI=1S/C9H13BrN4O2/c1-9(2,8(11)16)13-5-4-12-14(3)7(15)6(5)10/h4,13H,1-3H3,(H2,11,16). The topological polar surface area (TPSA) is 90.0 Å². The minimum atomic E-state index is -0.948. The van der Waals surface area contributed by atoms with Crippen molar-refractivity contribution in [2.75, 3.05) is 5.32 Å². The van der Waals surface area contributed by atoms with Crippen LogP contribution in [-0.2, 0) is 11.8 Å². The third-order valence-electron chi connectivity index (χ3n) is 2.14. The molecule has 1 amide bonds. The van der Waals surface area contributed by atoms with E-state index in [9.17, 15) is 9.59 Å². The van der Waals surface area contributed by atoms with Crippen LogP contribution in [-0.4, -0.2) is 21.2 Å². The lowest BCUT2D eigenvalue weighted by Gasteiger charge is -2.23. The van der Waals surface area contributed by atoms with Crippen molar-refractivity contribution in [1.82, 2.24) is 9.78 Å². The molecule has 0 aromatic carbocycles. The van der Waals surface area contributed by atoms with Crippen LogP contribution in [0.4, 0.5) is 5.69 Å². The maximum absolute atomic E-state index is 11.5. The van der Waals surface area contributed by atoms with Crippen LogP contribution >= 0.6 is 15.9 Å². The van der Waals surface area contributed by atoms with Crippen molar-refractivity contribution in [3.8, 4) is 0 Å². The molecule has 0 fully saturated rings. The first-order valence-electron chi connectivity index (χ1n) is 4.55. The zero-order valence-electron chi connectivity index (χ0n) is 9.24. The van der Waals surface area contributed by atoms with E-state index in [4.69, 9.17) is 5.73 Å². The first kappa shape index (κ1) is 12.7. The van der Waals surface area contributed by atoms with Gasteiger partial charge in [-0.05, 0) is 29.8 Å². The van der Waals surface area contributed by atoms with Crippen molar-refractivity contribution < 1.29 is 4.79 Å². The molecule has 16 heavy (non-hydrogen) atoms. The highest BCUT2D eigenvalue weighted by Crippen LogP contribution is 2.20. The fourth-order valence-electron chi connectivity index (χ4n) is 0.996. The van der Waals surface area contributed by atoms with Crippen molar-refractivity contribution in [1.29, 1.82) is 0 Å². The van der Waals surface area contributed by atoms with Crippen LogP contribution in [0.25, 0.3) is 0 Å². The lowest BCUT2D eigenvalue weighted by atomic mass is 10.1. The molecule has 0 aliphatic heterocycles. The Hall–Kier alpha value is -1.37. The molecule has 1 rings (SSSR count). The summed E-state index contributed by atoms with van der Waals surface area (Å²) in [6.07, 6.45) is 1.45. The van der Waals surface area contributed by atoms with Gasteiger partial charge in [-0.2, -0.15) is 5.10 Å². The summed E-state index contributed by atoms with van der Waals surface area (Å²) in [5, 5.41) is 6.70. The van der Waals surface area contributed by atoms with Crippen LogP contribution in [0.5, 0.6) is 0 Å². The molecule has 1 aromatic heterocycles. The third kappa shape index (κ3) is 2.41. The van der Waals surface area contributed by atoms with Gasteiger partial charge in [0.05, 0.1) is 11.9 Å². The Kier molecular flexibility index (Phi) is 3.37. The summed E-state index contributed by atoms with van der Waals surface area (Å²) in [6.45, 7) is 3.25. The number of aryl methyl sites for hydroxylation is 1. The number of carbonyl (C=O) groups is 1. The molecule has 0 bridgehead atoms. The SMILES string of the molecule is Cn1ncc(NC(C)(C)C(N)=O)c(Br)c1=O. The second-order valence-corrected chi connectivity index (χ2v) is 4.71. The van der Waals surface area contributed by atoms with Crippen LogP contribution in [0.2, 0.25) is 0 Å². The Morgan fingerprint density at radius 2 is 2.19 bits per heavy atom. The van der Waals surface area contributed by atoms with Gasteiger partial charge in [-0.1, -0.05) is 0 Å². The van der Waals surface area contributed by atoms with Crippen molar-refractivity contribution in [3.05, 3.63) is 21.0 Å². The number of aromatic nitrogens is 2. The molecule has 0 radical (unpaired) electrons. The molecule has 1 aromatic rings. The van der Waals surface area contributed by atoms with Gasteiger partial charge in [-0.15, -0.1) is 0 Å². The molecule has 0 saturated carbocycles. The van der Waals surface area contributed by atoms with Crippen LogP contribution in [0.1, 0.15) is 13.8 Å². The van der Waals surface area contributed by atoms with E-state index in [0.717, 1.165) is 0 Å². The van der Waals surface area contributed by atoms with E-state index in [0.29, 0.717) is 10.2 Å². The summed E-state index contributed by atoms with van der Waals surface area (Å²) in [5.74, 6) is -0.514. The summed E-state index contributed by atoms with van der Waals surface area (Å²) in [4.78, 5) is 22.7. The van der Waals surface area contributed by atoms with Crippen LogP contribution in [0.3, 0.4) is 0 Å². The van der Waals surface area contributed by atoms with Gasteiger partial charge in [0.15, 0.2) is 0 Å². The summed E-state index contributed by atoms with van der Waals surface area (Å²) < 4.78 is 1.51. The number of nitrogens with one attached hydrogen (secondary N) is 1. The fraction of sp³-hybridized carbons (Fsp3) is 0.444. The van der Waals surface area contributed by atoms with Crippen LogP contribution in [0.15, 0.2) is 15.5 Å². The van der Waals surface area contributed by atoms with E-state index >= 15 is 0 Å². The van der Waals surface area contributed by atoms with E-state index in [2.05, 4.69) is 26.3 Å². The van der Waals surface area contributed by atoms with Gasteiger partial charge in [-0.3, -0.25) is 9.59 Å². The summed E-state index contributed by atoms with van der Waals surface area (Å²) >= 11 is 3.14. The van der Waals surface area contributed by atoms with Gasteiger partial charge in [-0.25, -0.2) is 4.68 Å². The minimum Gasteiger partial charge on any atom is -0.369 e. The van der Waals surface area contributed by atoms with E-state index in [1.807, 2.05) is 0 Å². The van der Waals surface area contributed by atoms with E-state index in [1.54, 1.807) is 13.8 Å². The Balaban J connectivity index is 3.13. The number of primary amides is 1. The smallest absolute Gasteiger partial charge is 0.282 e. The Morgan fingerprint density at radius 3 is 2.69 bits per heavy atom. The molecule has 0 saturated heterocycles. The monoisotopic (exact) mass is 288 g/mol. The van der Waals surface area contributed by atoms with Crippen molar-refractivity contribution in [2.45, 2.75) is 19.4 Å². The largest absolute Gasteiger partial charge is 0.369 e. The zero-order valence-corrected chi connectivity index (χ0v) is 10.8. The number of rotatable bonds is 3. The number of amides is 1. The number of halogens is 1. The van der Waals surface area contributed by atoms with Crippen molar-refractivity contribution in [3.63, 3.8) is 0 Å². The molecule has 0 atom stereocenters. The molecule has 0 aliphatic rings. The quantitative estimate of drug-likeness (QED) is 0.832. The second-order valence-electron chi connectivity index (χ2n) is 3.92. The summed E-state index contributed by atoms with van der Waals surface area (Å²) in [5.41, 5.74) is 4.42. The van der Waals surface area contributed by atoms with Gasteiger partial charge >= 0.3 is 0 Å². The summed E-state index contributed by atoms with van der Waals surface area (Å²) in [7, 11) is 1.54. The fourth-order valence-corrected chi connectivity index (χ4v) is 1.45. The molecule has 0 unspecified atom stereocenters. The highest BCUT2D eigenvalue weighted by Gasteiger charge is 2.25. The van der Waals surface area contributed by atoms with Gasteiger partial charge in [0.2, 0.25) is 5.91 Å². The lowest BCUT2D eigenvalue weighted by molar-refractivity contribution is -0.121. The average Bonchev–Trinajstić information content (AvgIpc) is 2.19. The highest BCUT2D eigenvalue weighted by molar-refractivity contribution is 9.10. The number of anilines is 1. The van der Waals surface area contributed by atoms with Crippen LogP contribution in [0, 0.1) is 0 Å². The molecule has 3 N–H and O–H groups in total. The maximum Gasteiger partial charge on any atom is 0.282 e. The lowest BCUT2D eigenvalue weighted by Crippen LogP contribution is -2.45. The predicted octanol–water partition coefficient (Wildman–Crippen LogP) is 0.219. The van der Waals surface area contributed by atoms with E-state index in [1.165, 1.54) is 17.9 Å². The molecule has 88 valence electrons. The molecular formula is C9H13BrN4O2. The number of carbonyl (C=O) groups excluding carboxylic acids is 1. The number of nitrogens with zero attached hydrogens (tertiary/aromatic N) is 2. The molecule has 1 heterocycles. The Labute approximate surface area is 101 Å². The van der Waals surface area contributed by atoms with Crippen LogP contribution < -0.4 is 16.6 Å². The maximum atomic E-state index is 11.5.